The van der Waals surface area contributed by atoms with Gasteiger partial charge in [0.1, 0.15) is 17.3 Å². The van der Waals surface area contributed by atoms with Crippen LogP contribution in [0.15, 0.2) is 48.8 Å². The molecule has 1 amide bonds. The lowest BCUT2D eigenvalue weighted by atomic mass is 9.98. The van der Waals surface area contributed by atoms with Crippen molar-refractivity contribution in [1.29, 1.82) is 0 Å². The number of hydrogen-bond acceptors (Lipinski definition) is 3. The van der Waals surface area contributed by atoms with Gasteiger partial charge in [-0.05, 0) is 49.2 Å². The number of anilines is 1. The van der Waals surface area contributed by atoms with Gasteiger partial charge < -0.3 is 5.32 Å². The van der Waals surface area contributed by atoms with Crippen molar-refractivity contribution >= 4 is 17.9 Å². The Balaban J connectivity index is 1.74. The number of fused-ring (bicyclic) bond motifs is 1. The molecular weight excluding hydrogens is 357 g/mol. The Morgan fingerprint density at radius 1 is 1.14 bits per heavy atom. The molecule has 0 atom stereocenters. The van der Waals surface area contributed by atoms with E-state index in [1.807, 2.05) is 34.5 Å². The Bertz CT molecular complexity index is 1190. The molecule has 0 radical (unpaired) electrons. The molecule has 1 aromatic carbocycles. The van der Waals surface area contributed by atoms with Crippen LogP contribution in [0.5, 0.6) is 0 Å². The van der Waals surface area contributed by atoms with Crippen molar-refractivity contribution in [3.05, 3.63) is 60.3 Å². The van der Waals surface area contributed by atoms with Crippen LogP contribution in [0.3, 0.4) is 0 Å². The molecule has 6 nitrogen and oxygen atoms in total. The molecule has 0 unspecified atom stereocenters. The van der Waals surface area contributed by atoms with E-state index >= 15 is 0 Å². The van der Waals surface area contributed by atoms with E-state index in [2.05, 4.69) is 10.3 Å². The first-order valence-electron chi connectivity index (χ1n) is 9.16. The number of rotatable bonds is 5. The van der Waals surface area contributed by atoms with E-state index in [0.717, 1.165) is 46.6 Å². The third kappa shape index (κ3) is 2.67. The van der Waals surface area contributed by atoms with Crippen LogP contribution in [0.2, 0.25) is 0 Å². The summed E-state index contributed by atoms with van der Waals surface area (Å²) in [6.45, 7) is 0. The lowest BCUT2D eigenvalue weighted by Crippen LogP contribution is -1.99. The molecular formula is C21H18FN5O. The fourth-order valence-corrected chi connectivity index (χ4v) is 3.71. The summed E-state index contributed by atoms with van der Waals surface area (Å²) in [4.78, 5) is 15.2. The van der Waals surface area contributed by atoms with Crippen molar-refractivity contribution in [1.82, 2.24) is 19.2 Å². The fourth-order valence-electron chi connectivity index (χ4n) is 3.71. The third-order valence-electron chi connectivity index (χ3n) is 5.16. The summed E-state index contributed by atoms with van der Waals surface area (Å²) in [6.07, 6.45) is 6.47. The summed E-state index contributed by atoms with van der Waals surface area (Å²) in [7, 11) is 1.92. The van der Waals surface area contributed by atoms with E-state index in [9.17, 15) is 9.18 Å². The maximum atomic E-state index is 13.5. The Kier molecular flexibility index (Phi) is 3.75. The molecule has 1 aliphatic rings. The fraction of sp³-hybridized carbons (Fsp3) is 0.190. The summed E-state index contributed by atoms with van der Waals surface area (Å²) in [6, 6.07) is 10.4. The summed E-state index contributed by atoms with van der Waals surface area (Å²) in [5.74, 6) is 0.785. The number of halogens is 1. The summed E-state index contributed by atoms with van der Waals surface area (Å²) in [5, 5.41) is 7.47. The minimum atomic E-state index is -0.265. The SMILES string of the molecule is Cn1nc(C2CC2)c(-c2ccc3ncc(NC=O)n3c2)c1-c1ccc(F)cc1. The number of benzene rings is 1. The van der Waals surface area contributed by atoms with E-state index in [4.69, 9.17) is 5.10 Å². The van der Waals surface area contributed by atoms with Crippen molar-refractivity contribution in [2.45, 2.75) is 18.8 Å². The standard InChI is InChI=1S/C21H18FN5O/c1-26-21(14-4-7-16(22)8-5-14)19(20(25-26)13-2-3-13)15-6-9-17-23-10-18(24-12-28)27(17)11-15/h4-13H,2-3H2,1H3,(H,24,28). The molecule has 140 valence electrons. The molecule has 0 aliphatic heterocycles. The number of nitrogens with one attached hydrogen (secondary N) is 1. The summed E-state index contributed by atoms with van der Waals surface area (Å²) >= 11 is 0. The van der Waals surface area contributed by atoms with Gasteiger partial charge in [0.2, 0.25) is 6.41 Å². The van der Waals surface area contributed by atoms with Gasteiger partial charge in [-0.25, -0.2) is 9.37 Å². The number of pyridine rings is 1. The highest BCUT2D eigenvalue weighted by molar-refractivity contribution is 5.84. The number of amides is 1. The topological polar surface area (TPSA) is 64.2 Å². The van der Waals surface area contributed by atoms with E-state index < -0.39 is 0 Å². The monoisotopic (exact) mass is 375 g/mol. The van der Waals surface area contributed by atoms with Crippen LogP contribution in [0, 0.1) is 5.82 Å². The summed E-state index contributed by atoms with van der Waals surface area (Å²) in [5.41, 5.74) is 5.69. The zero-order valence-corrected chi connectivity index (χ0v) is 15.3. The van der Waals surface area contributed by atoms with E-state index in [1.54, 1.807) is 18.3 Å². The largest absolute Gasteiger partial charge is 0.313 e. The van der Waals surface area contributed by atoms with Crippen molar-refractivity contribution < 1.29 is 9.18 Å². The first kappa shape index (κ1) is 16.7. The van der Waals surface area contributed by atoms with Crippen LogP contribution in [0.25, 0.3) is 28.0 Å². The molecule has 4 aromatic rings. The molecule has 0 spiro atoms. The average molecular weight is 375 g/mol. The Morgan fingerprint density at radius 3 is 2.61 bits per heavy atom. The van der Waals surface area contributed by atoms with Crippen LogP contribution in [-0.2, 0) is 11.8 Å². The summed E-state index contributed by atoms with van der Waals surface area (Å²) < 4.78 is 17.2. The van der Waals surface area contributed by atoms with Gasteiger partial charge in [0.05, 0.1) is 17.6 Å². The van der Waals surface area contributed by atoms with Crippen molar-refractivity contribution in [3.63, 3.8) is 0 Å². The van der Waals surface area contributed by atoms with Gasteiger partial charge in [0, 0.05) is 35.9 Å². The zero-order valence-electron chi connectivity index (χ0n) is 15.3. The molecule has 1 N–H and O–H groups in total. The number of carbonyl (C=O) groups excluding carboxylic acids is 1. The van der Waals surface area contributed by atoms with Gasteiger partial charge >= 0.3 is 0 Å². The molecule has 1 saturated carbocycles. The second kappa shape index (κ2) is 6.30. The molecule has 1 aliphatic carbocycles. The maximum absolute atomic E-state index is 13.5. The Hall–Kier alpha value is -3.48. The van der Waals surface area contributed by atoms with E-state index in [1.165, 1.54) is 12.1 Å². The molecule has 5 rings (SSSR count). The Morgan fingerprint density at radius 2 is 1.89 bits per heavy atom. The molecule has 3 aromatic heterocycles. The molecule has 3 heterocycles. The maximum Gasteiger partial charge on any atom is 0.212 e. The highest BCUT2D eigenvalue weighted by Gasteiger charge is 2.32. The minimum absolute atomic E-state index is 0.265. The Labute approximate surface area is 160 Å². The second-order valence-corrected chi connectivity index (χ2v) is 7.07. The predicted octanol–water partition coefficient (Wildman–Crippen LogP) is 3.99. The van der Waals surface area contributed by atoms with E-state index in [0.29, 0.717) is 18.1 Å². The predicted molar refractivity (Wildman–Crippen MR) is 104 cm³/mol. The van der Waals surface area contributed by atoms with Crippen LogP contribution < -0.4 is 5.32 Å². The van der Waals surface area contributed by atoms with Gasteiger partial charge in [0.15, 0.2) is 0 Å². The quantitative estimate of drug-likeness (QED) is 0.537. The van der Waals surface area contributed by atoms with Gasteiger partial charge in [0.25, 0.3) is 0 Å². The van der Waals surface area contributed by atoms with Crippen LogP contribution >= 0.6 is 0 Å². The second-order valence-electron chi connectivity index (χ2n) is 7.07. The number of carbonyl (C=O) groups is 1. The van der Waals surface area contributed by atoms with Gasteiger partial charge in [-0.1, -0.05) is 0 Å². The van der Waals surface area contributed by atoms with Gasteiger partial charge in [-0.2, -0.15) is 5.10 Å². The number of imidazole rings is 1. The van der Waals surface area contributed by atoms with Crippen molar-refractivity contribution in [3.8, 4) is 22.4 Å². The van der Waals surface area contributed by atoms with Crippen molar-refractivity contribution in [2.75, 3.05) is 5.32 Å². The van der Waals surface area contributed by atoms with Crippen LogP contribution in [-0.4, -0.2) is 25.6 Å². The number of aromatic nitrogens is 4. The lowest BCUT2D eigenvalue weighted by Gasteiger charge is -2.10. The lowest BCUT2D eigenvalue weighted by molar-refractivity contribution is -0.105. The zero-order chi connectivity index (χ0) is 19.3. The van der Waals surface area contributed by atoms with Crippen molar-refractivity contribution in [2.24, 2.45) is 7.05 Å². The average Bonchev–Trinajstić information content (AvgIpc) is 3.39. The first-order chi connectivity index (χ1) is 13.7. The molecule has 7 heteroatoms. The molecule has 28 heavy (non-hydrogen) atoms. The smallest absolute Gasteiger partial charge is 0.212 e. The van der Waals surface area contributed by atoms with E-state index in [-0.39, 0.29) is 5.82 Å². The normalized spacial score (nSPS) is 13.8. The van der Waals surface area contributed by atoms with Crippen LogP contribution in [0.4, 0.5) is 10.2 Å². The highest BCUT2D eigenvalue weighted by Crippen LogP contribution is 2.47. The highest BCUT2D eigenvalue weighted by atomic mass is 19.1. The van der Waals surface area contributed by atoms with Crippen LogP contribution in [0.1, 0.15) is 24.5 Å². The number of hydrogen-bond donors (Lipinski definition) is 1. The molecule has 0 bridgehead atoms. The van der Waals surface area contributed by atoms with Gasteiger partial charge in [-0.3, -0.25) is 13.9 Å². The molecule has 0 saturated heterocycles. The van der Waals surface area contributed by atoms with Gasteiger partial charge in [-0.15, -0.1) is 0 Å². The third-order valence-corrected chi connectivity index (χ3v) is 5.16. The number of aryl methyl sites for hydroxylation is 1. The minimum Gasteiger partial charge on any atom is -0.313 e. The molecule has 1 fully saturated rings. The first-order valence-corrected chi connectivity index (χ1v) is 9.16. The number of nitrogens with zero attached hydrogens (tertiary/aromatic N) is 4.